The molecule has 1 aliphatic rings. The van der Waals surface area contributed by atoms with Gasteiger partial charge in [0.05, 0.1) is 0 Å². The highest BCUT2D eigenvalue weighted by molar-refractivity contribution is 7.87. The number of anilines is 1. The molecule has 0 bridgehead atoms. The molecule has 0 atom stereocenters. The summed E-state index contributed by atoms with van der Waals surface area (Å²) in [5.41, 5.74) is 0. The van der Waals surface area contributed by atoms with E-state index in [1.54, 1.807) is 0 Å². The van der Waals surface area contributed by atoms with E-state index in [9.17, 15) is 8.42 Å². The maximum atomic E-state index is 11.6. The zero-order chi connectivity index (χ0) is 14.0. The normalized spacial score (nSPS) is 18.2. The molecule has 0 saturated carbocycles. The first-order chi connectivity index (χ1) is 8.94. The Kier molecular flexibility index (Phi) is 4.07. The van der Waals surface area contributed by atoms with Crippen molar-refractivity contribution in [2.75, 3.05) is 38.1 Å². The van der Waals surface area contributed by atoms with Crippen molar-refractivity contribution in [3.63, 3.8) is 0 Å². The molecule has 1 aromatic rings. The van der Waals surface area contributed by atoms with Gasteiger partial charge in [0.25, 0.3) is 10.2 Å². The molecule has 8 nitrogen and oxygen atoms in total. The van der Waals surface area contributed by atoms with E-state index in [2.05, 4.69) is 14.9 Å². The monoisotopic (exact) mass is 289 g/mol. The fourth-order valence-corrected chi connectivity index (χ4v) is 2.74. The average Bonchev–Trinajstić information content (AvgIpc) is 2.88. The second kappa shape index (κ2) is 5.43. The summed E-state index contributed by atoms with van der Waals surface area (Å²) in [5.74, 6) is 0.785. The van der Waals surface area contributed by atoms with Gasteiger partial charge >= 0.3 is 6.01 Å². The summed E-state index contributed by atoms with van der Waals surface area (Å²) >= 11 is 0. The second-order valence-corrected chi connectivity index (χ2v) is 6.55. The number of nitrogens with one attached hydrogen (secondary N) is 1. The van der Waals surface area contributed by atoms with Gasteiger partial charge in [0.2, 0.25) is 5.89 Å². The van der Waals surface area contributed by atoms with Gasteiger partial charge in [-0.2, -0.15) is 12.7 Å². The molecule has 1 fully saturated rings. The Morgan fingerprint density at radius 3 is 2.32 bits per heavy atom. The Morgan fingerprint density at radius 2 is 1.84 bits per heavy atom. The highest BCUT2D eigenvalue weighted by Gasteiger charge is 2.27. The Labute approximate surface area is 113 Å². The zero-order valence-electron chi connectivity index (χ0n) is 11.3. The number of hydrogen-bond acceptors (Lipinski definition) is 6. The Hall–Kier alpha value is -1.19. The predicted molar refractivity (Wildman–Crippen MR) is 70.2 cm³/mol. The van der Waals surface area contributed by atoms with Crippen molar-refractivity contribution in [1.29, 1.82) is 0 Å². The van der Waals surface area contributed by atoms with Crippen molar-refractivity contribution < 1.29 is 12.8 Å². The lowest BCUT2D eigenvalue weighted by Gasteiger charge is -2.32. The van der Waals surface area contributed by atoms with Crippen molar-refractivity contribution in [2.45, 2.75) is 19.8 Å². The fourth-order valence-electron chi connectivity index (χ4n) is 1.84. The summed E-state index contributed by atoms with van der Waals surface area (Å²) in [4.78, 5) is 1.90. The topological polar surface area (TPSA) is 91.6 Å². The Morgan fingerprint density at radius 1 is 1.21 bits per heavy atom. The van der Waals surface area contributed by atoms with Crippen LogP contribution in [-0.2, 0) is 10.2 Å². The van der Waals surface area contributed by atoms with Crippen molar-refractivity contribution >= 4 is 16.2 Å². The average molecular weight is 289 g/mol. The van der Waals surface area contributed by atoms with Crippen LogP contribution < -0.4 is 9.62 Å². The molecule has 1 aromatic heterocycles. The third kappa shape index (κ3) is 3.04. The van der Waals surface area contributed by atoms with Gasteiger partial charge < -0.3 is 9.32 Å². The van der Waals surface area contributed by atoms with Gasteiger partial charge in [-0.05, 0) is 0 Å². The Bertz CT molecular complexity index is 519. The third-order valence-electron chi connectivity index (χ3n) is 3.03. The molecule has 0 spiro atoms. The fraction of sp³-hybridized carbons (Fsp3) is 0.800. The van der Waals surface area contributed by atoms with E-state index < -0.39 is 10.2 Å². The summed E-state index contributed by atoms with van der Waals surface area (Å²) in [5, 5.41) is 7.97. The molecular formula is C10H19N5O3S. The van der Waals surface area contributed by atoms with Gasteiger partial charge in [0.1, 0.15) is 0 Å². The highest BCUT2D eigenvalue weighted by Crippen LogP contribution is 2.19. The molecule has 2 heterocycles. The number of aromatic nitrogens is 2. The molecule has 108 valence electrons. The molecular weight excluding hydrogens is 270 g/mol. The molecule has 1 aliphatic heterocycles. The van der Waals surface area contributed by atoms with Gasteiger partial charge in [-0.25, -0.2) is 4.72 Å². The van der Waals surface area contributed by atoms with Crippen LogP contribution in [0.25, 0.3) is 0 Å². The standard InChI is InChI=1S/C10H19N5O3S/c1-8(2)9-12-13-10(18-9)14-4-6-15(7-5-14)19(16,17)11-3/h8,11H,4-7H2,1-3H3. The lowest BCUT2D eigenvalue weighted by molar-refractivity contribution is 0.364. The lowest BCUT2D eigenvalue weighted by Crippen LogP contribution is -2.51. The molecule has 0 aliphatic carbocycles. The quantitative estimate of drug-likeness (QED) is 0.824. The first kappa shape index (κ1) is 14.2. The van der Waals surface area contributed by atoms with Crippen molar-refractivity contribution in [3.05, 3.63) is 5.89 Å². The van der Waals surface area contributed by atoms with Crippen LogP contribution in [0.15, 0.2) is 4.42 Å². The molecule has 19 heavy (non-hydrogen) atoms. The number of piperazine rings is 1. The minimum Gasteiger partial charge on any atom is -0.408 e. The predicted octanol–water partition coefficient (Wildman–Crippen LogP) is -0.221. The van der Waals surface area contributed by atoms with Crippen molar-refractivity contribution in [2.24, 2.45) is 0 Å². The van der Waals surface area contributed by atoms with Crippen molar-refractivity contribution in [1.82, 2.24) is 19.2 Å². The maximum absolute atomic E-state index is 11.6. The smallest absolute Gasteiger partial charge is 0.318 e. The van der Waals surface area contributed by atoms with E-state index in [1.165, 1.54) is 11.4 Å². The van der Waals surface area contributed by atoms with E-state index in [1.807, 2.05) is 18.7 Å². The zero-order valence-corrected chi connectivity index (χ0v) is 12.1. The molecule has 0 unspecified atom stereocenters. The first-order valence-corrected chi connectivity index (χ1v) is 7.65. The van der Waals surface area contributed by atoms with Gasteiger partial charge in [0.15, 0.2) is 0 Å². The van der Waals surface area contributed by atoms with Crippen LogP contribution in [0.5, 0.6) is 0 Å². The molecule has 0 aromatic carbocycles. The molecule has 0 amide bonds. The summed E-state index contributed by atoms with van der Waals surface area (Å²) in [6.45, 7) is 5.86. The molecule has 2 rings (SSSR count). The lowest BCUT2D eigenvalue weighted by atomic mass is 10.2. The van der Waals surface area contributed by atoms with Crippen LogP contribution >= 0.6 is 0 Å². The van der Waals surface area contributed by atoms with Crippen LogP contribution in [0, 0.1) is 0 Å². The number of nitrogens with zero attached hydrogens (tertiary/aromatic N) is 4. The van der Waals surface area contributed by atoms with E-state index in [4.69, 9.17) is 4.42 Å². The van der Waals surface area contributed by atoms with Gasteiger partial charge in [-0.3, -0.25) is 0 Å². The largest absolute Gasteiger partial charge is 0.408 e. The molecule has 1 N–H and O–H groups in total. The van der Waals surface area contributed by atoms with Crippen molar-refractivity contribution in [3.8, 4) is 0 Å². The van der Waals surface area contributed by atoms with E-state index >= 15 is 0 Å². The SMILES string of the molecule is CNS(=O)(=O)N1CCN(c2nnc(C(C)C)o2)CC1. The van der Waals surface area contributed by atoms with Gasteiger partial charge in [-0.15, -0.1) is 5.10 Å². The van der Waals surface area contributed by atoms with E-state index in [0.717, 1.165) is 0 Å². The minimum atomic E-state index is -3.35. The van der Waals surface area contributed by atoms with Gasteiger partial charge in [-0.1, -0.05) is 18.9 Å². The first-order valence-electron chi connectivity index (χ1n) is 6.21. The second-order valence-electron chi connectivity index (χ2n) is 4.67. The minimum absolute atomic E-state index is 0.187. The van der Waals surface area contributed by atoms with E-state index in [-0.39, 0.29) is 5.92 Å². The van der Waals surface area contributed by atoms with Crippen LogP contribution in [-0.4, -0.2) is 56.1 Å². The summed E-state index contributed by atoms with van der Waals surface area (Å²) in [6, 6.07) is 0.463. The summed E-state index contributed by atoms with van der Waals surface area (Å²) in [6.07, 6.45) is 0. The van der Waals surface area contributed by atoms with E-state index in [0.29, 0.717) is 38.1 Å². The maximum Gasteiger partial charge on any atom is 0.318 e. The van der Waals surface area contributed by atoms with Crippen LogP contribution in [0.2, 0.25) is 0 Å². The molecule has 9 heteroatoms. The number of hydrogen-bond donors (Lipinski definition) is 1. The summed E-state index contributed by atoms with van der Waals surface area (Å²) in [7, 11) is -1.93. The molecule has 0 radical (unpaired) electrons. The summed E-state index contributed by atoms with van der Waals surface area (Å²) < 4.78 is 32.5. The van der Waals surface area contributed by atoms with Crippen LogP contribution in [0.1, 0.15) is 25.7 Å². The van der Waals surface area contributed by atoms with Gasteiger partial charge in [0, 0.05) is 39.1 Å². The van der Waals surface area contributed by atoms with Crippen LogP contribution in [0.3, 0.4) is 0 Å². The third-order valence-corrected chi connectivity index (χ3v) is 4.59. The molecule has 1 saturated heterocycles. The number of rotatable bonds is 4. The highest BCUT2D eigenvalue weighted by atomic mass is 32.2. The van der Waals surface area contributed by atoms with Crippen LogP contribution in [0.4, 0.5) is 6.01 Å². The Balaban J connectivity index is 2.00.